The fourth-order valence-corrected chi connectivity index (χ4v) is 1.20. The van der Waals surface area contributed by atoms with Gasteiger partial charge in [0, 0.05) is 0 Å². The number of hydrogen-bond donors (Lipinski definition) is 0. The van der Waals surface area contributed by atoms with E-state index in [2.05, 4.69) is 6.58 Å². The summed E-state index contributed by atoms with van der Waals surface area (Å²) in [4.78, 5) is 0. The third kappa shape index (κ3) is 2.35. The highest BCUT2D eigenvalue weighted by molar-refractivity contribution is 6.30. The summed E-state index contributed by atoms with van der Waals surface area (Å²) in [5.41, 5.74) is 2.03. The summed E-state index contributed by atoms with van der Waals surface area (Å²) in [5.74, 6) is -0.373. The van der Waals surface area contributed by atoms with Crippen molar-refractivity contribution < 1.29 is 4.39 Å². The zero-order valence-corrected chi connectivity index (χ0v) is 7.66. The number of benzene rings is 1. The molecule has 0 aliphatic heterocycles. The SMILES string of the molecule is C=C(C)Cc1ccc(F)c(Cl)c1. The van der Waals surface area contributed by atoms with E-state index in [0.29, 0.717) is 0 Å². The van der Waals surface area contributed by atoms with Gasteiger partial charge >= 0.3 is 0 Å². The van der Waals surface area contributed by atoms with Crippen LogP contribution < -0.4 is 0 Å². The second-order valence-corrected chi connectivity index (χ2v) is 3.29. The molecule has 1 aromatic rings. The summed E-state index contributed by atoms with van der Waals surface area (Å²) >= 11 is 5.59. The largest absolute Gasteiger partial charge is 0.205 e. The maximum absolute atomic E-state index is 12.7. The molecule has 64 valence electrons. The molecule has 1 rings (SSSR count). The van der Waals surface area contributed by atoms with Crippen molar-refractivity contribution in [2.24, 2.45) is 0 Å². The Bertz CT molecular complexity index is 305. The van der Waals surface area contributed by atoms with Crippen LogP contribution in [0.5, 0.6) is 0 Å². The fraction of sp³-hybridized carbons (Fsp3) is 0.200. The fourth-order valence-electron chi connectivity index (χ4n) is 0.998. The normalized spacial score (nSPS) is 9.92. The minimum atomic E-state index is -0.373. The molecule has 2 heteroatoms. The van der Waals surface area contributed by atoms with Gasteiger partial charge in [0.15, 0.2) is 0 Å². The molecule has 0 saturated heterocycles. The van der Waals surface area contributed by atoms with Gasteiger partial charge in [-0.15, -0.1) is 0 Å². The van der Waals surface area contributed by atoms with Crippen molar-refractivity contribution in [3.05, 3.63) is 46.8 Å². The summed E-state index contributed by atoms with van der Waals surface area (Å²) in [7, 11) is 0. The number of halogens is 2. The van der Waals surface area contributed by atoms with Crippen molar-refractivity contribution in [2.75, 3.05) is 0 Å². The highest BCUT2D eigenvalue weighted by Gasteiger charge is 2.00. The first kappa shape index (κ1) is 9.27. The Morgan fingerprint density at radius 3 is 2.75 bits per heavy atom. The van der Waals surface area contributed by atoms with Gasteiger partial charge < -0.3 is 0 Å². The summed E-state index contributed by atoms with van der Waals surface area (Å²) in [6.07, 6.45) is 0.750. The average molecular weight is 185 g/mol. The summed E-state index contributed by atoms with van der Waals surface area (Å²) < 4.78 is 12.7. The van der Waals surface area contributed by atoms with Crippen molar-refractivity contribution in [1.29, 1.82) is 0 Å². The maximum Gasteiger partial charge on any atom is 0.141 e. The lowest BCUT2D eigenvalue weighted by atomic mass is 10.1. The molecule has 0 aromatic heterocycles. The average Bonchev–Trinajstić information content (AvgIpc) is 1.96. The van der Waals surface area contributed by atoms with Gasteiger partial charge in [0.2, 0.25) is 0 Å². The lowest BCUT2D eigenvalue weighted by Gasteiger charge is -2.01. The number of allylic oxidation sites excluding steroid dienone is 1. The molecule has 0 radical (unpaired) electrons. The Hall–Kier alpha value is -0.820. The lowest BCUT2D eigenvalue weighted by molar-refractivity contribution is 0.627. The summed E-state index contributed by atoms with van der Waals surface area (Å²) in [5, 5.41) is 0.175. The number of rotatable bonds is 2. The van der Waals surface area contributed by atoms with Crippen LogP contribution >= 0.6 is 11.6 Å². The van der Waals surface area contributed by atoms with E-state index in [1.165, 1.54) is 6.07 Å². The van der Waals surface area contributed by atoms with Crippen LogP contribution in [-0.2, 0) is 6.42 Å². The van der Waals surface area contributed by atoms with Crippen LogP contribution in [0.1, 0.15) is 12.5 Å². The molecule has 0 spiro atoms. The molecule has 1 aromatic carbocycles. The maximum atomic E-state index is 12.7. The third-order valence-electron chi connectivity index (χ3n) is 1.49. The predicted molar refractivity (Wildman–Crippen MR) is 49.9 cm³/mol. The van der Waals surface area contributed by atoms with E-state index in [1.807, 2.05) is 6.92 Å². The van der Waals surface area contributed by atoms with Gasteiger partial charge in [0.1, 0.15) is 5.82 Å². The third-order valence-corrected chi connectivity index (χ3v) is 1.78. The molecule has 0 atom stereocenters. The molecule has 0 aliphatic carbocycles. The van der Waals surface area contributed by atoms with Gasteiger partial charge in [-0.3, -0.25) is 0 Å². The first-order chi connectivity index (χ1) is 5.59. The van der Waals surface area contributed by atoms with E-state index < -0.39 is 0 Å². The zero-order chi connectivity index (χ0) is 9.14. The highest BCUT2D eigenvalue weighted by Crippen LogP contribution is 2.17. The van der Waals surface area contributed by atoms with Gasteiger partial charge in [0.05, 0.1) is 5.02 Å². The minimum absolute atomic E-state index is 0.175. The van der Waals surface area contributed by atoms with Crippen molar-refractivity contribution in [2.45, 2.75) is 13.3 Å². The Balaban J connectivity index is 2.89. The monoisotopic (exact) mass is 184 g/mol. The summed E-state index contributed by atoms with van der Waals surface area (Å²) in [6, 6.07) is 4.72. The van der Waals surface area contributed by atoms with Crippen LogP contribution in [0.4, 0.5) is 4.39 Å². The topological polar surface area (TPSA) is 0 Å². The quantitative estimate of drug-likeness (QED) is 0.617. The molecule has 0 fully saturated rings. The van der Waals surface area contributed by atoms with E-state index in [1.54, 1.807) is 12.1 Å². The van der Waals surface area contributed by atoms with E-state index in [-0.39, 0.29) is 10.8 Å². The molecule has 0 heterocycles. The van der Waals surface area contributed by atoms with E-state index in [4.69, 9.17) is 11.6 Å². The standard InChI is InChI=1S/C10H10ClF/c1-7(2)5-8-3-4-10(12)9(11)6-8/h3-4,6H,1,5H2,2H3. The van der Waals surface area contributed by atoms with Crippen molar-refractivity contribution >= 4 is 11.6 Å². The minimum Gasteiger partial charge on any atom is -0.205 e. The molecular weight excluding hydrogens is 175 g/mol. The van der Waals surface area contributed by atoms with Crippen molar-refractivity contribution in [3.63, 3.8) is 0 Å². The van der Waals surface area contributed by atoms with Crippen LogP contribution in [0.3, 0.4) is 0 Å². The zero-order valence-electron chi connectivity index (χ0n) is 6.90. The molecule has 0 nitrogen and oxygen atoms in total. The Morgan fingerprint density at radius 2 is 2.25 bits per heavy atom. The molecule has 0 aliphatic rings. The number of hydrogen-bond acceptors (Lipinski definition) is 0. The van der Waals surface area contributed by atoms with Crippen LogP contribution in [0.25, 0.3) is 0 Å². The van der Waals surface area contributed by atoms with Gasteiger partial charge in [-0.25, -0.2) is 4.39 Å². The van der Waals surface area contributed by atoms with E-state index in [0.717, 1.165) is 17.6 Å². The predicted octanol–water partition coefficient (Wildman–Crippen LogP) is 3.60. The van der Waals surface area contributed by atoms with Crippen molar-refractivity contribution in [1.82, 2.24) is 0 Å². The molecule has 0 amide bonds. The Morgan fingerprint density at radius 1 is 1.58 bits per heavy atom. The molecule has 0 N–H and O–H groups in total. The molecular formula is C10H10ClF. The van der Waals surface area contributed by atoms with Crippen molar-refractivity contribution in [3.8, 4) is 0 Å². The Kier molecular flexibility index (Phi) is 2.88. The smallest absolute Gasteiger partial charge is 0.141 e. The van der Waals surface area contributed by atoms with Crippen LogP contribution in [0.2, 0.25) is 5.02 Å². The molecule has 0 bridgehead atoms. The van der Waals surface area contributed by atoms with Gasteiger partial charge in [0.25, 0.3) is 0 Å². The van der Waals surface area contributed by atoms with Gasteiger partial charge in [-0.05, 0) is 31.0 Å². The molecule has 0 saturated carbocycles. The first-order valence-electron chi connectivity index (χ1n) is 3.68. The summed E-state index contributed by atoms with van der Waals surface area (Å²) in [6.45, 7) is 5.69. The van der Waals surface area contributed by atoms with E-state index >= 15 is 0 Å². The van der Waals surface area contributed by atoms with E-state index in [9.17, 15) is 4.39 Å². The van der Waals surface area contributed by atoms with Crippen LogP contribution in [0.15, 0.2) is 30.4 Å². The first-order valence-corrected chi connectivity index (χ1v) is 4.05. The second-order valence-electron chi connectivity index (χ2n) is 2.88. The van der Waals surface area contributed by atoms with Gasteiger partial charge in [-0.1, -0.05) is 29.8 Å². The second kappa shape index (κ2) is 3.72. The molecule has 12 heavy (non-hydrogen) atoms. The van der Waals surface area contributed by atoms with Gasteiger partial charge in [-0.2, -0.15) is 0 Å². The highest BCUT2D eigenvalue weighted by atomic mass is 35.5. The lowest BCUT2D eigenvalue weighted by Crippen LogP contribution is -1.86. The Labute approximate surface area is 76.7 Å². The molecule has 0 unspecified atom stereocenters. The van der Waals surface area contributed by atoms with Crippen LogP contribution in [0, 0.1) is 5.82 Å². The van der Waals surface area contributed by atoms with Crippen LogP contribution in [-0.4, -0.2) is 0 Å².